The summed E-state index contributed by atoms with van der Waals surface area (Å²) in [5.41, 5.74) is 5.00. The standard InChI is InChI=1S/C39H43N7O4/c1-39(2,3)50-38(49)45-34-17-23-46(27-34)24-22-42-36(47)31-9-6-28(7-10-31)8-11-32-25-33(12-13-35(32)30-15-19-40-20-16-30)44-37(48)43-21-14-29-5-4-18-41-26-29/h4-7,9-10,12-13,15-16,18-20,25-26,34H,14,17,21-24,27H2,1-3H3,(H,42,47)(H,45,49)(H2,43,44,48). The molecule has 2 aromatic carbocycles. The predicted octanol–water partition coefficient (Wildman–Crippen LogP) is 5.24. The first-order chi connectivity index (χ1) is 24.1. The van der Waals surface area contributed by atoms with Gasteiger partial charge in [0, 0.05) is 85.9 Å². The molecule has 1 unspecified atom stereocenters. The average molecular weight is 674 g/mol. The maximum absolute atomic E-state index is 12.8. The molecule has 1 atom stereocenters. The molecule has 1 aliphatic rings. The van der Waals surface area contributed by atoms with E-state index in [4.69, 9.17) is 4.74 Å². The molecule has 1 fully saturated rings. The molecule has 4 amide bonds. The van der Waals surface area contributed by atoms with Gasteiger partial charge < -0.3 is 26.0 Å². The Labute approximate surface area is 293 Å². The van der Waals surface area contributed by atoms with Crippen LogP contribution in [0, 0.1) is 11.8 Å². The molecule has 50 heavy (non-hydrogen) atoms. The number of hydrogen-bond acceptors (Lipinski definition) is 7. The quantitative estimate of drug-likeness (QED) is 0.169. The van der Waals surface area contributed by atoms with E-state index in [0.29, 0.717) is 43.9 Å². The number of amides is 4. The van der Waals surface area contributed by atoms with E-state index in [1.54, 1.807) is 36.9 Å². The van der Waals surface area contributed by atoms with E-state index < -0.39 is 11.7 Å². The Balaban J connectivity index is 1.15. The van der Waals surface area contributed by atoms with Gasteiger partial charge in [-0.2, -0.15) is 0 Å². The third-order valence-corrected chi connectivity index (χ3v) is 7.89. The van der Waals surface area contributed by atoms with Gasteiger partial charge in [-0.1, -0.05) is 24.0 Å². The number of hydrogen-bond donors (Lipinski definition) is 4. The zero-order valence-electron chi connectivity index (χ0n) is 28.7. The van der Waals surface area contributed by atoms with Crippen molar-refractivity contribution < 1.29 is 19.1 Å². The lowest BCUT2D eigenvalue weighted by atomic mass is 9.99. The molecule has 0 radical (unpaired) electrons. The summed E-state index contributed by atoms with van der Waals surface area (Å²) >= 11 is 0. The third kappa shape index (κ3) is 11.2. The van der Waals surface area contributed by atoms with Crippen LogP contribution >= 0.6 is 0 Å². The highest BCUT2D eigenvalue weighted by molar-refractivity contribution is 5.94. The summed E-state index contributed by atoms with van der Waals surface area (Å²) in [4.78, 5) is 48.0. The average Bonchev–Trinajstić information content (AvgIpc) is 3.54. The number of rotatable bonds is 10. The molecule has 4 aromatic rings. The summed E-state index contributed by atoms with van der Waals surface area (Å²) in [6.45, 7) is 8.72. The molecule has 5 rings (SSSR count). The number of pyridine rings is 2. The van der Waals surface area contributed by atoms with Crippen LogP contribution in [0.1, 0.15) is 54.2 Å². The van der Waals surface area contributed by atoms with Crippen molar-refractivity contribution in [1.82, 2.24) is 30.8 Å². The summed E-state index contributed by atoms with van der Waals surface area (Å²) < 4.78 is 5.35. The lowest BCUT2D eigenvalue weighted by molar-refractivity contribution is 0.0506. The Morgan fingerprint density at radius 2 is 1.72 bits per heavy atom. The highest BCUT2D eigenvalue weighted by atomic mass is 16.6. The van der Waals surface area contributed by atoms with Crippen LogP contribution in [0.3, 0.4) is 0 Å². The van der Waals surface area contributed by atoms with Crippen molar-refractivity contribution in [1.29, 1.82) is 0 Å². The molecule has 0 saturated carbocycles. The number of urea groups is 1. The fourth-order valence-electron chi connectivity index (χ4n) is 5.45. The Kier molecular flexibility index (Phi) is 12.2. The first-order valence-electron chi connectivity index (χ1n) is 16.7. The van der Waals surface area contributed by atoms with E-state index >= 15 is 0 Å². The first-order valence-corrected chi connectivity index (χ1v) is 16.7. The lowest BCUT2D eigenvalue weighted by Gasteiger charge is -2.22. The maximum atomic E-state index is 12.8. The van der Waals surface area contributed by atoms with Gasteiger partial charge in [0.15, 0.2) is 0 Å². The number of aromatic nitrogens is 2. The fourth-order valence-corrected chi connectivity index (χ4v) is 5.45. The molecule has 11 heteroatoms. The van der Waals surface area contributed by atoms with Crippen LogP contribution in [-0.2, 0) is 11.2 Å². The van der Waals surface area contributed by atoms with Crippen molar-refractivity contribution in [2.75, 3.05) is 38.0 Å². The number of carbonyl (C=O) groups excluding carboxylic acids is 3. The van der Waals surface area contributed by atoms with E-state index in [0.717, 1.165) is 40.8 Å². The molecule has 0 aliphatic carbocycles. The predicted molar refractivity (Wildman–Crippen MR) is 194 cm³/mol. The topological polar surface area (TPSA) is 138 Å². The number of likely N-dealkylation sites (tertiary alicyclic amines) is 1. The third-order valence-electron chi connectivity index (χ3n) is 7.89. The molecule has 2 aromatic heterocycles. The van der Waals surface area contributed by atoms with Crippen molar-refractivity contribution >= 4 is 23.7 Å². The van der Waals surface area contributed by atoms with E-state index in [-0.39, 0.29) is 18.0 Å². The van der Waals surface area contributed by atoms with E-state index in [1.165, 1.54) is 0 Å². The minimum atomic E-state index is -0.534. The smallest absolute Gasteiger partial charge is 0.407 e. The SMILES string of the molecule is CC(C)(C)OC(=O)NC1CCN(CCNC(=O)c2ccc(C#Cc3cc(NC(=O)NCCc4cccnc4)ccc3-c3ccncc3)cc2)C1. The number of carbonyl (C=O) groups is 3. The minimum absolute atomic E-state index is 0.0292. The van der Waals surface area contributed by atoms with Crippen LogP contribution < -0.4 is 21.3 Å². The molecule has 1 saturated heterocycles. The van der Waals surface area contributed by atoms with Gasteiger partial charge in [0.1, 0.15) is 5.60 Å². The van der Waals surface area contributed by atoms with Crippen molar-refractivity contribution in [3.8, 4) is 23.0 Å². The first kappa shape index (κ1) is 35.6. The Morgan fingerprint density at radius 1 is 0.920 bits per heavy atom. The van der Waals surface area contributed by atoms with Crippen LogP contribution in [0.5, 0.6) is 0 Å². The van der Waals surface area contributed by atoms with Crippen LogP contribution in [0.2, 0.25) is 0 Å². The summed E-state index contributed by atoms with van der Waals surface area (Å²) in [6, 6.07) is 20.2. The normalized spacial score (nSPS) is 14.2. The summed E-state index contributed by atoms with van der Waals surface area (Å²) in [5, 5.41) is 11.7. The Hall–Kier alpha value is -5.73. The van der Waals surface area contributed by atoms with Gasteiger partial charge in [-0.05, 0) is 105 Å². The number of nitrogens with zero attached hydrogens (tertiary/aromatic N) is 3. The molecular formula is C39H43N7O4. The summed E-state index contributed by atoms with van der Waals surface area (Å²) in [7, 11) is 0. The zero-order chi connectivity index (χ0) is 35.3. The number of nitrogens with one attached hydrogen (secondary N) is 4. The van der Waals surface area contributed by atoms with Gasteiger partial charge in [0.2, 0.25) is 0 Å². The molecule has 3 heterocycles. The molecule has 1 aliphatic heterocycles. The summed E-state index contributed by atoms with van der Waals surface area (Å²) in [5.74, 6) is 6.30. The maximum Gasteiger partial charge on any atom is 0.407 e. The molecular weight excluding hydrogens is 630 g/mol. The Bertz CT molecular complexity index is 1810. The van der Waals surface area contributed by atoms with Crippen molar-refractivity contribution in [3.05, 3.63) is 114 Å². The lowest BCUT2D eigenvalue weighted by Crippen LogP contribution is -2.41. The van der Waals surface area contributed by atoms with E-state index in [2.05, 4.69) is 48.0 Å². The van der Waals surface area contributed by atoms with Gasteiger partial charge in [-0.15, -0.1) is 0 Å². The molecule has 0 spiro atoms. The van der Waals surface area contributed by atoms with E-state index in [1.807, 2.05) is 75.4 Å². The largest absolute Gasteiger partial charge is 0.444 e. The van der Waals surface area contributed by atoms with E-state index in [9.17, 15) is 14.4 Å². The summed E-state index contributed by atoms with van der Waals surface area (Å²) in [6.07, 6.45) is 8.06. The number of benzene rings is 2. The van der Waals surface area contributed by atoms with Crippen molar-refractivity contribution in [2.24, 2.45) is 0 Å². The second-order valence-electron chi connectivity index (χ2n) is 13.0. The Morgan fingerprint density at radius 3 is 2.46 bits per heavy atom. The minimum Gasteiger partial charge on any atom is -0.444 e. The van der Waals surface area contributed by atoms with Gasteiger partial charge in [0.25, 0.3) is 5.91 Å². The highest BCUT2D eigenvalue weighted by Gasteiger charge is 2.26. The molecule has 11 nitrogen and oxygen atoms in total. The number of anilines is 1. The van der Waals surface area contributed by atoms with Gasteiger partial charge in [0.05, 0.1) is 0 Å². The van der Waals surface area contributed by atoms with Crippen LogP contribution in [0.25, 0.3) is 11.1 Å². The molecule has 4 N–H and O–H groups in total. The number of ether oxygens (including phenoxy) is 1. The zero-order valence-corrected chi connectivity index (χ0v) is 28.7. The highest BCUT2D eigenvalue weighted by Crippen LogP contribution is 2.26. The fraction of sp³-hybridized carbons (Fsp3) is 0.308. The van der Waals surface area contributed by atoms with Crippen LogP contribution in [-0.4, -0.2) is 77.3 Å². The monoisotopic (exact) mass is 673 g/mol. The second-order valence-corrected chi connectivity index (χ2v) is 13.0. The molecule has 258 valence electrons. The van der Waals surface area contributed by atoms with Crippen molar-refractivity contribution in [3.63, 3.8) is 0 Å². The second kappa shape index (κ2) is 17.1. The van der Waals surface area contributed by atoms with Crippen LogP contribution in [0.4, 0.5) is 15.3 Å². The number of alkyl carbamates (subject to hydrolysis) is 1. The van der Waals surface area contributed by atoms with Gasteiger partial charge in [-0.25, -0.2) is 9.59 Å². The van der Waals surface area contributed by atoms with Crippen LogP contribution in [0.15, 0.2) is 91.5 Å². The van der Waals surface area contributed by atoms with Crippen molar-refractivity contribution in [2.45, 2.75) is 45.3 Å². The van der Waals surface area contributed by atoms with Gasteiger partial charge >= 0.3 is 12.1 Å². The molecule has 0 bridgehead atoms. The van der Waals surface area contributed by atoms with Gasteiger partial charge in [-0.3, -0.25) is 19.7 Å².